The molecule has 0 amide bonds. The van der Waals surface area contributed by atoms with E-state index in [0.29, 0.717) is 26.3 Å². The molecule has 0 spiro atoms. The summed E-state index contributed by atoms with van der Waals surface area (Å²) in [4.78, 5) is 1.67. The van der Waals surface area contributed by atoms with Gasteiger partial charge in [-0.1, -0.05) is 11.8 Å². The fraction of sp³-hybridized carbons (Fsp3) is 0.846. The lowest BCUT2D eigenvalue weighted by molar-refractivity contribution is -0.173. The van der Waals surface area contributed by atoms with Gasteiger partial charge in [0, 0.05) is 25.4 Å². The molecule has 1 saturated heterocycles. The van der Waals surface area contributed by atoms with E-state index in [1.54, 1.807) is 4.90 Å². The van der Waals surface area contributed by atoms with Crippen LogP contribution in [-0.2, 0) is 16.0 Å². The van der Waals surface area contributed by atoms with Gasteiger partial charge in [0.1, 0.15) is 13.2 Å². The summed E-state index contributed by atoms with van der Waals surface area (Å²) >= 11 is 1.00. The molecular weight excluding hydrogens is 390 g/mol. The van der Waals surface area contributed by atoms with E-state index in [0.717, 1.165) is 16.3 Å². The molecule has 0 aliphatic carbocycles. The van der Waals surface area contributed by atoms with Gasteiger partial charge in [-0.05, 0) is 6.42 Å². The summed E-state index contributed by atoms with van der Waals surface area (Å²) in [6, 6.07) is 0. The predicted molar refractivity (Wildman–Crippen MR) is 81.3 cm³/mol. The molecular formula is C13H18F6N4O2S. The van der Waals surface area contributed by atoms with E-state index in [9.17, 15) is 26.3 Å². The monoisotopic (exact) mass is 408 g/mol. The predicted octanol–water partition coefficient (Wildman–Crippen LogP) is 2.74. The zero-order chi connectivity index (χ0) is 19.2. The minimum atomic E-state index is -4.45. The summed E-state index contributed by atoms with van der Waals surface area (Å²) < 4.78 is 85.1. The fourth-order valence-corrected chi connectivity index (χ4v) is 3.06. The minimum Gasteiger partial charge on any atom is -0.378 e. The summed E-state index contributed by atoms with van der Waals surface area (Å²) in [5, 5.41) is 7.73. The number of hydrogen-bond donors (Lipinski definition) is 0. The zero-order valence-electron chi connectivity index (χ0n) is 13.6. The Morgan fingerprint density at radius 3 is 2.35 bits per heavy atom. The number of aromatic nitrogens is 3. The Morgan fingerprint density at radius 2 is 1.73 bits per heavy atom. The van der Waals surface area contributed by atoms with Gasteiger partial charge >= 0.3 is 12.4 Å². The topological polar surface area (TPSA) is 52.4 Å². The van der Waals surface area contributed by atoms with E-state index in [1.165, 1.54) is 0 Å². The minimum absolute atomic E-state index is 0.0691. The fourth-order valence-electron chi connectivity index (χ4n) is 2.22. The molecule has 1 fully saturated rings. The van der Waals surface area contributed by atoms with E-state index in [4.69, 9.17) is 4.74 Å². The highest BCUT2D eigenvalue weighted by Gasteiger charge is 2.33. The molecule has 1 aromatic heterocycles. The molecule has 0 atom stereocenters. The lowest BCUT2D eigenvalue weighted by Crippen LogP contribution is -2.38. The Labute approximate surface area is 149 Å². The van der Waals surface area contributed by atoms with Gasteiger partial charge in [0.25, 0.3) is 0 Å². The second kappa shape index (κ2) is 9.13. The maximum atomic E-state index is 12.9. The van der Waals surface area contributed by atoms with Crippen LogP contribution in [0, 0.1) is 0 Å². The third-order valence-electron chi connectivity index (χ3n) is 3.26. The molecule has 0 bridgehead atoms. The van der Waals surface area contributed by atoms with Gasteiger partial charge in [-0.15, -0.1) is 10.2 Å². The van der Waals surface area contributed by atoms with E-state index in [-0.39, 0.29) is 29.9 Å². The molecule has 2 heterocycles. The molecule has 0 unspecified atom stereocenters. The molecule has 0 saturated carbocycles. The number of hydrogen-bond acceptors (Lipinski definition) is 6. The van der Waals surface area contributed by atoms with Gasteiger partial charge in [-0.25, -0.2) is 0 Å². The summed E-state index contributed by atoms with van der Waals surface area (Å²) in [5.74, 6) is 0.373. The summed E-state index contributed by atoms with van der Waals surface area (Å²) in [6.07, 6.45) is -8.60. The number of halogens is 6. The average Bonchev–Trinajstić information content (AvgIpc) is 2.91. The number of morpholine rings is 1. The quantitative estimate of drug-likeness (QED) is 0.375. The summed E-state index contributed by atoms with van der Waals surface area (Å²) in [6.45, 7) is -1.13. The van der Waals surface area contributed by atoms with Crippen molar-refractivity contribution in [1.29, 1.82) is 0 Å². The van der Waals surface area contributed by atoms with Crippen molar-refractivity contribution in [3.8, 4) is 0 Å². The number of nitrogens with zero attached hydrogens (tertiary/aromatic N) is 4. The van der Waals surface area contributed by atoms with Crippen LogP contribution in [0.15, 0.2) is 5.16 Å². The van der Waals surface area contributed by atoms with Crippen molar-refractivity contribution in [1.82, 2.24) is 14.8 Å². The molecule has 1 aromatic rings. The van der Waals surface area contributed by atoms with Crippen molar-refractivity contribution in [3.63, 3.8) is 0 Å². The van der Waals surface area contributed by atoms with Crippen molar-refractivity contribution in [2.75, 3.05) is 50.2 Å². The van der Waals surface area contributed by atoms with Crippen LogP contribution in [0.1, 0.15) is 6.42 Å². The van der Waals surface area contributed by atoms with Gasteiger partial charge in [0.2, 0.25) is 5.95 Å². The highest BCUT2D eigenvalue weighted by Crippen LogP contribution is 2.28. The molecule has 1 aliphatic heterocycles. The Balaban J connectivity index is 1.93. The Bertz CT molecular complexity index is 560. The molecule has 6 nitrogen and oxygen atoms in total. The highest BCUT2D eigenvalue weighted by atomic mass is 32.2. The third-order valence-corrected chi connectivity index (χ3v) is 4.31. The largest absolute Gasteiger partial charge is 0.411 e. The third kappa shape index (κ3) is 7.19. The van der Waals surface area contributed by atoms with E-state index >= 15 is 0 Å². The summed E-state index contributed by atoms with van der Waals surface area (Å²) in [7, 11) is 0. The Kier molecular flexibility index (Phi) is 7.41. The van der Waals surface area contributed by atoms with Crippen molar-refractivity contribution >= 4 is 17.7 Å². The van der Waals surface area contributed by atoms with E-state index in [2.05, 4.69) is 14.9 Å². The average molecular weight is 408 g/mol. The van der Waals surface area contributed by atoms with Crippen LogP contribution >= 0.6 is 11.8 Å². The SMILES string of the molecule is FC(F)(F)COCCCSc1nnc(N2CCOCC2)n1CC(F)(F)F. The highest BCUT2D eigenvalue weighted by molar-refractivity contribution is 7.99. The Hall–Kier alpha value is -1.21. The molecule has 2 rings (SSSR count). The maximum absolute atomic E-state index is 12.9. The van der Waals surface area contributed by atoms with Crippen molar-refractivity contribution in [2.24, 2.45) is 0 Å². The van der Waals surface area contributed by atoms with Crippen molar-refractivity contribution < 1.29 is 35.8 Å². The lowest BCUT2D eigenvalue weighted by Gasteiger charge is -2.28. The van der Waals surface area contributed by atoms with Crippen LogP contribution < -0.4 is 4.90 Å². The van der Waals surface area contributed by atoms with Crippen LogP contribution in [0.4, 0.5) is 32.3 Å². The molecule has 0 radical (unpaired) electrons. The lowest BCUT2D eigenvalue weighted by atomic mass is 10.4. The van der Waals surface area contributed by atoms with Gasteiger partial charge < -0.3 is 14.4 Å². The number of rotatable bonds is 8. The molecule has 1 aliphatic rings. The number of ether oxygens (including phenoxy) is 2. The van der Waals surface area contributed by atoms with Crippen LogP contribution in [-0.4, -0.2) is 72.4 Å². The molecule has 26 heavy (non-hydrogen) atoms. The van der Waals surface area contributed by atoms with Gasteiger partial charge in [0.05, 0.1) is 13.2 Å². The first-order valence-corrected chi connectivity index (χ1v) is 8.74. The van der Waals surface area contributed by atoms with Crippen LogP contribution in [0.5, 0.6) is 0 Å². The first kappa shape index (κ1) is 21.1. The van der Waals surface area contributed by atoms with Crippen LogP contribution in [0.25, 0.3) is 0 Å². The number of alkyl halides is 6. The maximum Gasteiger partial charge on any atom is 0.411 e. The zero-order valence-corrected chi connectivity index (χ0v) is 14.5. The summed E-state index contributed by atoms with van der Waals surface area (Å²) in [5.41, 5.74) is 0. The van der Waals surface area contributed by atoms with Gasteiger partial charge in [0.15, 0.2) is 5.16 Å². The Morgan fingerprint density at radius 1 is 1.04 bits per heavy atom. The standard InChI is InChI=1S/C13H18F6N4O2S/c14-12(15,16)8-23-10(22-2-5-24-6-3-22)20-21-11(23)26-7-1-4-25-9-13(17,18)19/h1-9H2. The molecule has 0 aromatic carbocycles. The van der Waals surface area contributed by atoms with Crippen molar-refractivity contribution in [2.45, 2.75) is 30.5 Å². The van der Waals surface area contributed by atoms with E-state index in [1.807, 2.05) is 0 Å². The second-order valence-corrected chi connectivity index (χ2v) is 6.52. The first-order valence-electron chi connectivity index (χ1n) is 7.76. The molecule has 150 valence electrons. The van der Waals surface area contributed by atoms with Gasteiger partial charge in [-0.3, -0.25) is 4.57 Å². The van der Waals surface area contributed by atoms with Crippen molar-refractivity contribution in [3.05, 3.63) is 0 Å². The number of anilines is 1. The molecule has 13 heteroatoms. The smallest absolute Gasteiger partial charge is 0.378 e. The first-order chi connectivity index (χ1) is 12.2. The second-order valence-electron chi connectivity index (χ2n) is 5.45. The number of thioether (sulfide) groups is 1. The van der Waals surface area contributed by atoms with Crippen LogP contribution in [0.2, 0.25) is 0 Å². The van der Waals surface area contributed by atoms with Gasteiger partial charge in [-0.2, -0.15) is 26.3 Å². The van der Waals surface area contributed by atoms with Crippen LogP contribution in [0.3, 0.4) is 0 Å². The normalized spacial score (nSPS) is 16.3. The van der Waals surface area contributed by atoms with E-state index < -0.39 is 25.5 Å². The molecule has 0 N–H and O–H groups in total.